The summed E-state index contributed by atoms with van der Waals surface area (Å²) in [6, 6.07) is 10.8. The maximum absolute atomic E-state index is 13.5. The van der Waals surface area contributed by atoms with Crippen molar-refractivity contribution in [1.82, 2.24) is 25.2 Å². The van der Waals surface area contributed by atoms with E-state index in [2.05, 4.69) is 15.6 Å². The van der Waals surface area contributed by atoms with Gasteiger partial charge in [-0.25, -0.2) is 9.69 Å². The number of amides is 4. The topological polar surface area (TPSA) is 124 Å². The summed E-state index contributed by atoms with van der Waals surface area (Å²) in [5.41, 5.74) is -1.17. The number of rotatable bonds is 12. The second kappa shape index (κ2) is 13.3. The number of benzene rings is 2. The van der Waals surface area contributed by atoms with E-state index in [9.17, 15) is 27.6 Å². The van der Waals surface area contributed by atoms with Crippen LogP contribution in [0.5, 0.6) is 0 Å². The van der Waals surface area contributed by atoms with Gasteiger partial charge in [0.25, 0.3) is 5.91 Å². The first-order valence-corrected chi connectivity index (χ1v) is 14.3. The number of nitrogens with one attached hydrogen (secondary N) is 1. The smallest absolute Gasteiger partial charge is 0.359 e. The van der Waals surface area contributed by atoms with Crippen LogP contribution in [0, 0.1) is 11.3 Å². The molecule has 0 unspecified atom stereocenters. The molecular weight excluding hydrogens is 575 g/mol. The Kier molecular flexibility index (Phi) is 9.71. The molecule has 0 atom stereocenters. The van der Waals surface area contributed by atoms with Gasteiger partial charge in [0.05, 0.1) is 29.1 Å². The van der Waals surface area contributed by atoms with E-state index in [1.807, 2.05) is 18.3 Å². The Morgan fingerprint density at radius 1 is 1.02 bits per heavy atom. The molecule has 1 aromatic heterocycles. The number of aromatic nitrogens is 3. The molecular formula is C31H34F3N7O3. The van der Waals surface area contributed by atoms with Gasteiger partial charge in [0.2, 0.25) is 5.91 Å². The molecule has 3 aromatic rings. The first-order chi connectivity index (χ1) is 20.9. The molecule has 2 heterocycles. The van der Waals surface area contributed by atoms with Crippen molar-refractivity contribution >= 4 is 23.5 Å². The van der Waals surface area contributed by atoms with Gasteiger partial charge in [-0.2, -0.15) is 18.4 Å². The van der Waals surface area contributed by atoms with Crippen LogP contribution >= 0.6 is 0 Å². The summed E-state index contributed by atoms with van der Waals surface area (Å²) >= 11 is 0. The largest absolute Gasteiger partial charge is 0.417 e. The van der Waals surface area contributed by atoms with Crippen molar-refractivity contribution < 1.29 is 27.6 Å². The first kappa shape index (κ1) is 32.2. The van der Waals surface area contributed by atoms with Gasteiger partial charge in [0, 0.05) is 32.1 Å². The molecule has 2 aromatic carbocycles. The highest BCUT2D eigenvalue weighted by molar-refractivity contribution is 6.23. The molecule has 0 saturated carbocycles. The molecule has 0 aliphatic carbocycles. The number of aryl methyl sites for hydroxylation is 1. The molecule has 232 valence electrons. The third kappa shape index (κ3) is 7.07. The number of hydrogen-bond acceptors (Lipinski definition) is 6. The van der Waals surface area contributed by atoms with Gasteiger partial charge in [0.1, 0.15) is 11.2 Å². The average molecular weight is 610 g/mol. The van der Waals surface area contributed by atoms with Crippen LogP contribution in [0.25, 0.3) is 11.3 Å². The quantitative estimate of drug-likeness (QED) is 0.209. The predicted octanol–water partition coefficient (Wildman–Crippen LogP) is 5.67. The minimum atomic E-state index is -4.83. The number of nitrogens with zero attached hydrogens (tertiary/aromatic N) is 6. The maximum atomic E-state index is 13.5. The van der Waals surface area contributed by atoms with Gasteiger partial charge < -0.3 is 10.2 Å². The number of halogens is 3. The van der Waals surface area contributed by atoms with E-state index in [1.165, 1.54) is 17.0 Å². The second-order valence-electron chi connectivity index (χ2n) is 11.2. The minimum absolute atomic E-state index is 0.0482. The molecule has 0 spiro atoms. The van der Waals surface area contributed by atoms with E-state index in [1.54, 1.807) is 37.7 Å². The van der Waals surface area contributed by atoms with Crippen molar-refractivity contribution in [3.63, 3.8) is 0 Å². The van der Waals surface area contributed by atoms with Crippen molar-refractivity contribution in [3.05, 3.63) is 65.4 Å². The third-order valence-electron chi connectivity index (χ3n) is 7.71. The van der Waals surface area contributed by atoms with Crippen molar-refractivity contribution in [3.8, 4) is 17.3 Å². The van der Waals surface area contributed by atoms with E-state index < -0.39 is 34.8 Å². The molecule has 1 aliphatic rings. The van der Waals surface area contributed by atoms with E-state index in [4.69, 9.17) is 5.26 Å². The highest BCUT2D eigenvalue weighted by Gasteiger charge is 2.52. The van der Waals surface area contributed by atoms with Crippen LogP contribution in [0.15, 0.2) is 48.7 Å². The fourth-order valence-corrected chi connectivity index (χ4v) is 5.05. The van der Waals surface area contributed by atoms with Crippen LogP contribution in [-0.2, 0) is 28.9 Å². The summed E-state index contributed by atoms with van der Waals surface area (Å²) in [6.07, 6.45) is 2.47. The Morgan fingerprint density at radius 3 is 2.36 bits per heavy atom. The van der Waals surface area contributed by atoms with Crippen molar-refractivity contribution in [2.75, 3.05) is 11.9 Å². The summed E-state index contributed by atoms with van der Waals surface area (Å²) in [5, 5.41) is 20.2. The Hall–Kier alpha value is -4.73. The lowest BCUT2D eigenvalue weighted by molar-refractivity contribution is -0.137. The van der Waals surface area contributed by atoms with E-state index >= 15 is 0 Å². The number of carbonyl (C=O) groups excluding carboxylic acids is 3. The van der Waals surface area contributed by atoms with E-state index in [-0.39, 0.29) is 18.1 Å². The Bertz CT molecular complexity index is 1560. The number of nitriles is 1. The number of anilines is 1. The fourth-order valence-electron chi connectivity index (χ4n) is 5.05. The standard InChI is InChI=1S/C31H34F3N7O3/c1-30(2)28(43)41(24-15-14-23(18-35)25(17-24)31(32,33)34)29(44)40(30)19-21-10-12-22(13-11-21)26-20-39(38-37-26)16-8-6-4-5-7-9-27(42)36-3/h10-15,17,20H,4-9,16,19H2,1-3H3,(H,36,42). The molecule has 1 N–H and O–H groups in total. The molecule has 13 heteroatoms. The second-order valence-corrected chi connectivity index (χ2v) is 11.2. The molecule has 0 bridgehead atoms. The van der Waals surface area contributed by atoms with Crippen molar-refractivity contribution in [2.45, 2.75) is 77.2 Å². The maximum Gasteiger partial charge on any atom is 0.417 e. The summed E-state index contributed by atoms with van der Waals surface area (Å²) in [5.74, 6) is -0.605. The Morgan fingerprint density at radius 2 is 1.70 bits per heavy atom. The number of carbonyl (C=O) groups is 3. The molecule has 0 radical (unpaired) electrons. The van der Waals surface area contributed by atoms with Gasteiger partial charge in [-0.05, 0) is 50.5 Å². The zero-order valence-corrected chi connectivity index (χ0v) is 24.8. The van der Waals surface area contributed by atoms with E-state index in [0.717, 1.165) is 55.2 Å². The van der Waals surface area contributed by atoms with Crippen LogP contribution in [0.3, 0.4) is 0 Å². The molecule has 1 saturated heterocycles. The van der Waals surface area contributed by atoms with Crippen LogP contribution in [0.1, 0.15) is 69.1 Å². The summed E-state index contributed by atoms with van der Waals surface area (Å²) in [4.78, 5) is 40.0. The van der Waals surface area contributed by atoms with Gasteiger partial charge in [0.15, 0.2) is 0 Å². The fraction of sp³-hybridized carbons (Fsp3) is 0.419. The lowest BCUT2D eigenvalue weighted by atomic mass is 10.0. The minimum Gasteiger partial charge on any atom is -0.359 e. The molecule has 4 rings (SSSR count). The molecule has 44 heavy (non-hydrogen) atoms. The average Bonchev–Trinajstić information content (AvgIpc) is 3.53. The van der Waals surface area contributed by atoms with Gasteiger partial charge in [-0.15, -0.1) is 5.10 Å². The number of hydrogen-bond donors (Lipinski definition) is 1. The van der Waals surface area contributed by atoms with Crippen LogP contribution in [-0.4, -0.2) is 50.3 Å². The number of imide groups is 1. The monoisotopic (exact) mass is 609 g/mol. The van der Waals surface area contributed by atoms with Gasteiger partial charge in [-0.3, -0.25) is 14.3 Å². The van der Waals surface area contributed by atoms with Crippen molar-refractivity contribution in [2.24, 2.45) is 0 Å². The van der Waals surface area contributed by atoms with E-state index in [0.29, 0.717) is 23.7 Å². The predicted molar refractivity (Wildman–Crippen MR) is 156 cm³/mol. The molecule has 10 nitrogen and oxygen atoms in total. The summed E-state index contributed by atoms with van der Waals surface area (Å²) in [7, 11) is 1.64. The zero-order chi connectivity index (χ0) is 32.1. The van der Waals surface area contributed by atoms with Gasteiger partial charge >= 0.3 is 12.2 Å². The molecule has 1 aliphatic heterocycles. The lowest BCUT2D eigenvalue weighted by Crippen LogP contribution is -2.43. The van der Waals surface area contributed by atoms with Crippen LogP contribution < -0.4 is 10.2 Å². The van der Waals surface area contributed by atoms with Crippen LogP contribution in [0.2, 0.25) is 0 Å². The third-order valence-corrected chi connectivity index (χ3v) is 7.71. The Labute approximate surface area is 253 Å². The highest BCUT2D eigenvalue weighted by Crippen LogP contribution is 2.38. The summed E-state index contributed by atoms with van der Waals surface area (Å²) < 4.78 is 42.4. The number of unbranched alkanes of at least 4 members (excludes halogenated alkanes) is 4. The Balaban J connectivity index is 1.38. The SMILES string of the molecule is CNC(=O)CCCCCCCn1cc(-c2ccc(CN3C(=O)N(c4ccc(C#N)c(C(F)(F)F)c4)C(=O)C3(C)C)cc2)nn1. The van der Waals surface area contributed by atoms with Gasteiger partial charge in [-0.1, -0.05) is 48.7 Å². The number of alkyl halides is 3. The first-order valence-electron chi connectivity index (χ1n) is 14.3. The molecule has 1 fully saturated rings. The zero-order valence-electron chi connectivity index (χ0n) is 24.8. The number of urea groups is 1. The normalized spacial score (nSPS) is 14.7. The summed E-state index contributed by atoms with van der Waals surface area (Å²) in [6.45, 7) is 3.85. The lowest BCUT2D eigenvalue weighted by Gasteiger charge is -2.27. The van der Waals surface area contributed by atoms with Crippen molar-refractivity contribution in [1.29, 1.82) is 5.26 Å². The molecule has 4 amide bonds. The highest BCUT2D eigenvalue weighted by atomic mass is 19.4. The van der Waals surface area contributed by atoms with Crippen LogP contribution in [0.4, 0.5) is 23.7 Å².